The third-order valence-corrected chi connectivity index (χ3v) is 2.82. The predicted octanol–water partition coefficient (Wildman–Crippen LogP) is 1.79. The molecule has 7 nitrogen and oxygen atoms in total. The number of benzene rings is 1. The van der Waals surface area contributed by atoms with Crippen LogP contribution in [0.2, 0.25) is 5.02 Å². The Morgan fingerprint density at radius 3 is 3.10 bits per heavy atom. The van der Waals surface area contributed by atoms with Crippen molar-refractivity contribution in [1.82, 2.24) is 20.0 Å². The van der Waals surface area contributed by atoms with Crippen LogP contribution in [0, 0.1) is 0 Å². The highest BCUT2D eigenvalue weighted by atomic mass is 35.5. The second kappa shape index (κ2) is 4.93. The number of aromatic nitrogens is 4. The number of aryl methyl sites for hydroxylation is 1. The lowest BCUT2D eigenvalue weighted by Crippen LogP contribution is -2.14. The van der Waals surface area contributed by atoms with Gasteiger partial charge >= 0.3 is 6.01 Å². The summed E-state index contributed by atoms with van der Waals surface area (Å²) < 4.78 is 6.93. The third-order valence-electron chi connectivity index (χ3n) is 2.59. The molecule has 0 saturated heterocycles. The number of hydrogen-bond donors (Lipinski definition) is 1. The fourth-order valence-electron chi connectivity index (χ4n) is 1.76. The number of carbonyl (C=O) groups excluding carboxylic acids is 1. The second-order valence-electron chi connectivity index (χ2n) is 4.24. The molecule has 0 unspecified atom stereocenters. The highest BCUT2D eigenvalue weighted by Crippen LogP contribution is 2.22. The smallest absolute Gasteiger partial charge is 0.302 e. The molecule has 3 aromatic rings. The van der Waals surface area contributed by atoms with Crippen LogP contribution in [0.15, 0.2) is 28.8 Å². The maximum Gasteiger partial charge on any atom is 0.302 e. The largest absolute Gasteiger partial charge is 0.423 e. The van der Waals surface area contributed by atoms with E-state index in [2.05, 4.69) is 20.6 Å². The number of amides is 1. The molecule has 20 heavy (non-hydrogen) atoms. The minimum Gasteiger partial charge on any atom is -0.423 e. The van der Waals surface area contributed by atoms with Gasteiger partial charge in [-0.2, -0.15) is 4.98 Å². The van der Waals surface area contributed by atoms with Crippen LogP contribution in [0.3, 0.4) is 0 Å². The van der Waals surface area contributed by atoms with Crippen molar-refractivity contribution < 1.29 is 9.21 Å². The normalized spacial score (nSPS) is 10.9. The van der Waals surface area contributed by atoms with E-state index < -0.39 is 0 Å². The summed E-state index contributed by atoms with van der Waals surface area (Å²) in [5.41, 5.74) is 1.72. The Balaban J connectivity index is 1.73. The molecule has 0 saturated carbocycles. The minimum atomic E-state index is -0.275. The molecule has 2 heterocycles. The first kappa shape index (κ1) is 12.6. The predicted molar refractivity (Wildman–Crippen MR) is 72.4 cm³/mol. The molecule has 3 rings (SSSR count). The summed E-state index contributed by atoms with van der Waals surface area (Å²) in [5, 5.41) is 10.7. The zero-order chi connectivity index (χ0) is 14.1. The summed E-state index contributed by atoms with van der Waals surface area (Å²) in [5.74, 6) is -0.275. The van der Waals surface area contributed by atoms with Crippen LogP contribution in [0.25, 0.3) is 11.1 Å². The first-order valence-corrected chi connectivity index (χ1v) is 6.19. The molecule has 102 valence electrons. The van der Waals surface area contributed by atoms with Crippen molar-refractivity contribution in [1.29, 1.82) is 0 Å². The van der Waals surface area contributed by atoms with Gasteiger partial charge in [-0.3, -0.25) is 14.8 Å². The van der Waals surface area contributed by atoms with Gasteiger partial charge in [-0.1, -0.05) is 16.8 Å². The molecular weight excluding hydrogens is 282 g/mol. The van der Waals surface area contributed by atoms with Crippen molar-refractivity contribution in [2.75, 3.05) is 5.32 Å². The summed E-state index contributed by atoms with van der Waals surface area (Å²) in [6.45, 7) is 0. The highest BCUT2D eigenvalue weighted by Gasteiger charge is 2.11. The molecule has 0 spiro atoms. The van der Waals surface area contributed by atoms with E-state index >= 15 is 0 Å². The van der Waals surface area contributed by atoms with E-state index in [1.165, 1.54) is 4.68 Å². The lowest BCUT2D eigenvalue weighted by molar-refractivity contribution is -0.115. The third kappa shape index (κ3) is 2.62. The van der Waals surface area contributed by atoms with E-state index in [1.807, 2.05) is 0 Å². The number of rotatable bonds is 3. The van der Waals surface area contributed by atoms with Crippen LogP contribution in [-0.4, -0.2) is 25.9 Å². The molecule has 0 aliphatic carbocycles. The summed E-state index contributed by atoms with van der Waals surface area (Å²) >= 11 is 5.86. The first-order valence-electron chi connectivity index (χ1n) is 5.81. The van der Waals surface area contributed by atoms with E-state index in [0.29, 0.717) is 21.8 Å². The average molecular weight is 292 g/mol. The Hall–Kier alpha value is -2.41. The van der Waals surface area contributed by atoms with Crippen LogP contribution >= 0.6 is 11.6 Å². The van der Waals surface area contributed by atoms with E-state index in [1.54, 1.807) is 31.4 Å². The van der Waals surface area contributed by atoms with E-state index in [9.17, 15) is 4.79 Å². The average Bonchev–Trinajstić information content (AvgIpc) is 2.94. The number of anilines is 1. The first-order chi connectivity index (χ1) is 9.60. The Morgan fingerprint density at radius 2 is 2.35 bits per heavy atom. The van der Waals surface area contributed by atoms with Gasteiger partial charge in [0.15, 0.2) is 5.58 Å². The van der Waals surface area contributed by atoms with E-state index in [0.717, 1.165) is 0 Å². The monoisotopic (exact) mass is 291 g/mol. The maximum absolute atomic E-state index is 11.8. The number of hydrogen-bond acceptors (Lipinski definition) is 5. The number of halogens is 1. The van der Waals surface area contributed by atoms with Gasteiger partial charge in [-0.15, -0.1) is 5.10 Å². The van der Waals surface area contributed by atoms with Crippen LogP contribution in [0.1, 0.15) is 5.69 Å². The lowest BCUT2D eigenvalue weighted by Gasteiger charge is -1.96. The molecule has 0 bridgehead atoms. The number of nitrogens with zero attached hydrogens (tertiary/aromatic N) is 4. The molecular formula is C12H10ClN5O2. The maximum atomic E-state index is 11.8. The fraction of sp³-hybridized carbons (Fsp3) is 0.167. The van der Waals surface area contributed by atoms with Crippen molar-refractivity contribution >= 4 is 34.6 Å². The van der Waals surface area contributed by atoms with Crippen LogP contribution in [0.5, 0.6) is 0 Å². The van der Waals surface area contributed by atoms with E-state index in [4.69, 9.17) is 16.0 Å². The molecule has 0 radical (unpaired) electrons. The second-order valence-corrected chi connectivity index (χ2v) is 4.68. The van der Waals surface area contributed by atoms with Gasteiger partial charge < -0.3 is 4.42 Å². The SMILES string of the molecule is Cn1cc(CC(=O)Nc2nc3cc(Cl)ccc3o2)nn1. The van der Waals surface area contributed by atoms with Gasteiger partial charge in [-0.05, 0) is 18.2 Å². The molecule has 8 heteroatoms. The molecule has 2 aromatic heterocycles. The van der Waals surface area contributed by atoms with E-state index in [-0.39, 0.29) is 18.3 Å². The molecule has 0 fully saturated rings. The number of nitrogens with one attached hydrogen (secondary N) is 1. The van der Waals surface area contributed by atoms with Crippen molar-refractivity contribution in [2.24, 2.45) is 7.05 Å². The van der Waals surface area contributed by atoms with Crippen molar-refractivity contribution in [2.45, 2.75) is 6.42 Å². The Labute approximate surface area is 118 Å². The quantitative estimate of drug-likeness (QED) is 0.795. The van der Waals surface area contributed by atoms with Gasteiger partial charge in [0.25, 0.3) is 0 Å². The minimum absolute atomic E-state index is 0.104. The van der Waals surface area contributed by atoms with Gasteiger partial charge in [0.2, 0.25) is 5.91 Å². The van der Waals surface area contributed by atoms with Gasteiger partial charge in [0.05, 0.1) is 12.1 Å². The van der Waals surface area contributed by atoms with Gasteiger partial charge in [-0.25, -0.2) is 0 Å². The lowest BCUT2D eigenvalue weighted by atomic mass is 10.3. The highest BCUT2D eigenvalue weighted by molar-refractivity contribution is 6.31. The summed E-state index contributed by atoms with van der Waals surface area (Å²) in [4.78, 5) is 16.0. The zero-order valence-corrected chi connectivity index (χ0v) is 11.3. The van der Waals surface area contributed by atoms with Crippen LogP contribution < -0.4 is 5.32 Å². The van der Waals surface area contributed by atoms with Gasteiger partial charge in [0, 0.05) is 18.3 Å². The summed E-state index contributed by atoms with van der Waals surface area (Å²) in [6, 6.07) is 5.19. The Morgan fingerprint density at radius 1 is 1.50 bits per heavy atom. The Bertz CT molecular complexity index is 779. The molecule has 1 N–H and O–H groups in total. The standard InChI is InChI=1S/C12H10ClN5O2/c1-18-6-8(16-17-18)5-11(19)15-12-14-9-4-7(13)2-3-10(9)20-12/h2-4,6H,5H2,1H3,(H,14,15,19). The van der Waals surface area contributed by atoms with Crippen molar-refractivity contribution in [3.8, 4) is 0 Å². The topological polar surface area (TPSA) is 85.8 Å². The molecule has 1 aromatic carbocycles. The number of carbonyl (C=O) groups is 1. The number of fused-ring (bicyclic) bond motifs is 1. The molecule has 1 amide bonds. The van der Waals surface area contributed by atoms with Gasteiger partial charge in [0.1, 0.15) is 5.52 Å². The van der Waals surface area contributed by atoms with Crippen LogP contribution in [0.4, 0.5) is 6.01 Å². The van der Waals surface area contributed by atoms with Crippen molar-refractivity contribution in [3.63, 3.8) is 0 Å². The summed E-state index contributed by atoms with van der Waals surface area (Å²) in [6.07, 6.45) is 1.78. The molecule has 0 atom stereocenters. The fourth-order valence-corrected chi connectivity index (χ4v) is 1.92. The zero-order valence-electron chi connectivity index (χ0n) is 10.5. The van der Waals surface area contributed by atoms with Crippen molar-refractivity contribution in [3.05, 3.63) is 35.1 Å². The molecule has 0 aliphatic rings. The summed E-state index contributed by atoms with van der Waals surface area (Å²) in [7, 11) is 1.74. The number of oxazole rings is 1. The Kier molecular flexibility index (Phi) is 3.11. The molecule has 0 aliphatic heterocycles. The van der Waals surface area contributed by atoms with Crippen LogP contribution in [-0.2, 0) is 18.3 Å².